The van der Waals surface area contributed by atoms with Crippen LogP contribution in [0.5, 0.6) is 0 Å². The molecule has 1 unspecified atom stereocenters. The van der Waals surface area contributed by atoms with Crippen LogP contribution in [0.1, 0.15) is 36.1 Å². The van der Waals surface area contributed by atoms with E-state index < -0.39 is 5.56 Å². The number of benzene rings is 1. The first-order chi connectivity index (χ1) is 16.0. The maximum atomic E-state index is 13.2. The smallest absolute Gasteiger partial charge is 0.283 e. The third-order valence-electron chi connectivity index (χ3n) is 5.53. The Balaban J connectivity index is 1.63. The van der Waals surface area contributed by atoms with Crippen molar-refractivity contribution in [2.45, 2.75) is 38.9 Å². The second-order valence-electron chi connectivity index (χ2n) is 7.81. The number of nitrogens with one attached hydrogen (secondary N) is 2. The van der Waals surface area contributed by atoms with Crippen molar-refractivity contribution in [3.05, 3.63) is 46.2 Å². The third kappa shape index (κ3) is 4.68. The molecule has 10 heteroatoms. The topological polar surface area (TPSA) is 131 Å². The summed E-state index contributed by atoms with van der Waals surface area (Å²) in [5.74, 6) is 6.73. The number of hydrogen-bond acceptors (Lipinski definition) is 8. The Morgan fingerprint density at radius 3 is 2.91 bits per heavy atom. The molecule has 1 saturated heterocycles. The second-order valence-corrected chi connectivity index (χ2v) is 7.81. The number of carbonyl (C=O) groups excluding carboxylic acids is 1. The van der Waals surface area contributed by atoms with Gasteiger partial charge in [0.1, 0.15) is 5.58 Å². The van der Waals surface area contributed by atoms with Crippen LogP contribution in [-0.2, 0) is 13.1 Å². The first-order valence-electron chi connectivity index (χ1n) is 10.9. The van der Waals surface area contributed by atoms with Gasteiger partial charge in [-0.05, 0) is 31.9 Å². The maximum absolute atomic E-state index is 13.2. The molecule has 0 spiro atoms. The molecule has 4 N–H and O–H groups in total. The number of para-hydroxylation sites is 1. The number of anilines is 2. The van der Waals surface area contributed by atoms with E-state index in [2.05, 4.69) is 37.3 Å². The van der Waals surface area contributed by atoms with Crippen molar-refractivity contribution in [1.29, 1.82) is 0 Å². The van der Waals surface area contributed by atoms with E-state index in [0.29, 0.717) is 41.5 Å². The van der Waals surface area contributed by atoms with Gasteiger partial charge < -0.3 is 25.7 Å². The maximum Gasteiger partial charge on any atom is 0.283 e. The Bertz CT molecular complexity index is 1280. The van der Waals surface area contributed by atoms with Crippen molar-refractivity contribution < 1.29 is 9.21 Å². The highest BCUT2D eigenvalue weighted by Crippen LogP contribution is 2.26. The number of hydrogen-bond donors (Lipinski definition) is 3. The summed E-state index contributed by atoms with van der Waals surface area (Å²) < 4.78 is 7.48. The minimum absolute atomic E-state index is 0.0450. The van der Waals surface area contributed by atoms with Gasteiger partial charge in [0.05, 0.1) is 18.5 Å². The second kappa shape index (κ2) is 9.75. The molecule has 1 aromatic carbocycles. The normalized spacial score (nSPS) is 15.7. The summed E-state index contributed by atoms with van der Waals surface area (Å²) in [6, 6.07) is 6.91. The Hall–Kier alpha value is -3.84. The molecule has 1 aliphatic rings. The van der Waals surface area contributed by atoms with Crippen molar-refractivity contribution >= 4 is 28.6 Å². The van der Waals surface area contributed by atoms with E-state index in [0.717, 1.165) is 19.4 Å². The Kier molecular flexibility index (Phi) is 6.60. The molecule has 1 aliphatic heterocycles. The summed E-state index contributed by atoms with van der Waals surface area (Å²) in [4.78, 5) is 36.2. The van der Waals surface area contributed by atoms with Crippen LogP contribution in [0.4, 0.5) is 11.8 Å². The van der Waals surface area contributed by atoms with Gasteiger partial charge in [0.2, 0.25) is 11.8 Å². The van der Waals surface area contributed by atoms with Gasteiger partial charge in [0.15, 0.2) is 11.5 Å². The lowest BCUT2D eigenvalue weighted by molar-refractivity contribution is 0.0939. The van der Waals surface area contributed by atoms with E-state index in [1.807, 2.05) is 0 Å². The fourth-order valence-electron chi connectivity index (χ4n) is 3.96. The summed E-state index contributed by atoms with van der Waals surface area (Å²) in [6.45, 7) is 3.47. The predicted octanol–water partition coefficient (Wildman–Crippen LogP) is 1.31. The van der Waals surface area contributed by atoms with Gasteiger partial charge in [-0.1, -0.05) is 18.1 Å². The van der Waals surface area contributed by atoms with Gasteiger partial charge in [0, 0.05) is 26.2 Å². The van der Waals surface area contributed by atoms with E-state index in [4.69, 9.17) is 10.2 Å². The number of nitrogens with zero attached hydrogens (tertiary/aromatic N) is 4. The SMILES string of the molecule is CC#CCn1c(N2CCCC(N)C2)nc(NC)c1C(=O)NCc1nc(=O)c2ccccc2o1. The van der Waals surface area contributed by atoms with Crippen LogP contribution < -0.4 is 26.8 Å². The van der Waals surface area contributed by atoms with Crippen molar-refractivity contribution in [2.24, 2.45) is 5.73 Å². The Labute approximate surface area is 191 Å². The molecule has 2 aromatic heterocycles. The van der Waals surface area contributed by atoms with Crippen LogP contribution in [0.15, 0.2) is 33.5 Å². The number of nitrogens with two attached hydrogens (primary N) is 1. The van der Waals surface area contributed by atoms with Crippen LogP contribution >= 0.6 is 0 Å². The number of piperidine rings is 1. The number of amides is 1. The van der Waals surface area contributed by atoms with Crippen LogP contribution in [0.2, 0.25) is 0 Å². The van der Waals surface area contributed by atoms with Crippen molar-refractivity contribution in [2.75, 3.05) is 30.4 Å². The van der Waals surface area contributed by atoms with Crippen molar-refractivity contribution in [1.82, 2.24) is 19.9 Å². The molecule has 3 heterocycles. The average molecular weight is 450 g/mol. The van der Waals surface area contributed by atoms with Gasteiger partial charge in [-0.2, -0.15) is 9.97 Å². The molecule has 1 amide bonds. The molecule has 0 aliphatic carbocycles. The fraction of sp³-hybridized carbons (Fsp3) is 0.391. The monoisotopic (exact) mass is 449 g/mol. The highest BCUT2D eigenvalue weighted by molar-refractivity contribution is 5.98. The lowest BCUT2D eigenvalue weighted by atomic mass is 10.1. The number of fused-ring (bicyclic) bond motifs is 1. The molecule has 10 nitrogen and oxygen atoms in total. The molecule has 4 rings (SSSR count). The molecule has 172 valence electrons. The highest BCUT2D eigenvalue weighted by atomic mass is 16.3. The van der Waals surface area contributed by atoms with Gasteiger partial charge in [0.25, 0.3) is 11.5 Å². The van der Waals surface area contributed by atoms with Crippen molar-refractivity contribution in [3.63, 3.8) is 0 Å². The van der Waals surface area contributed by atoms with Gasteiger partial charge in [-0.15, -0.1) is 5.92 Å². The number of carbonyl (C=O) groups is 1. The average Bonchev–Trinajstić information content (AvgIpc) is 3.20. The zero-order chi connectivity index (χ0) is 23.4. The molecule has 1 fully saturated rings. The van der Waals surface area contributed by atoms with E-state index in [1.165, 1.54) is 0 Å². The molecule has 0 bridgehead atoms. The zero-order valence-corrected chi connectivity index (χ0v) is 18.7. The van der Waals surface area contributed by atoms with E-state index in [-0.39, 0.29) is 24.4 Å². The van der Waals surface area contributed by atoms with E-state index in [9.17, 15) is 9.59 Å². The first kappa shape index (κ1) is 22.4. The summed E-state index contributed by atoms with van der Waals surface area (Å²) in [5, 5.41) is 6.20. The molecule has 1 atom stereocenters. The van der Waals surface area contributed by atoms with Gasteiger partial charge in [-0.3, -0.25) is 14.2 Å². The Morgan fingerprint density at radius 2 is 2.15 bits per heavy atom. The van der Waals surface area contributed by atoms with E-state index >= 15 is 0 Å². The number of imidazole rings is 1. The van der Waals surface area contributed by atoms with Crippen LogP contribution in [-0.4, -0.2) is 46.6 Å². The highest BCUT2D eigenvalue weighted by Gasteiger charge is 2.28. The molecule has 0 radical (unpaired) electrons. The first-order valence-corrected chi connectivity index (χ1v) is 10.9. The molecular weight excluding hydrogens is 422 g/mol. The minimum atomic E-state index is -0.399. The van der Waals surface area contributed by atoms with Crippen LogP contribution in [0.3, 0.4) is 0 Å². The van der Waals surface area contributed by atoms with E-state index in [1.54, 1.807) is 42.8 Å². The number of rotatable bonds is 6. The largest absolute Gasteiger partial charge is 0.440 e. The minimum Gasteiger partial charge on any atom is -0.440 e. The third-order valence-corrected chi connectivity index (χ3v) is 5.53. The lowest BCUT2D eigenvalue weighted by Crippen LogP contribution is -2.44. The van der Waals surface area contributed by atoms with Crippen molar-refractivity contribution in [3.8, 4) is 11.8 Å². The summed E-state index contributed by atoms with van der Waals surface area (Å²) in [6.07, 6.45) is 1.92. The molecule has 3 aromatic rings. The lowest BCUT2D eigenvalue weighted by Gasteiger charge is -2.31. The van der Waals surface area contributed by atoms with Crippen LogP contribution in [0, 0.1) is 11.8 Å². The quantitative estimate of drug-likeness (QED) is 0.480. The molecular formula is C23H27N7O3. The molecule has 0 saturated carbocycles. The standard InChI is InChI=1S/C23H27N7O3/c1-3-4-12-30-19(20(25-2)28-23(30)29-11-7-8-15(24)14-29)22(32)26-13-18-27-21(31)16-9-5-6-10-17(16)33-18/h5-6,9-10,15,25H,7-8,11-14,24H2,1-2H3,(H,26,32). The number of aromatic nitrogens is 3. The summed E-state index contributed by atoms with van der Waals surface area (Å²) in [5.41, 5.74) is 6.54. The zero-order valence-electron chi connectivity index (χ0n) is 18.7. The van der Waals surface area contributed by atoms with Crippen LogP contribution in [0.25, 0.3) is 11.0 Å². The Morgan fingerprint density at radius 1 is 1.33 bits per heavy atom. The predicted molar refractivity (Wildman–Crippen MR) is 126 cm³/mol. The van der Waals surface area contributed by atoms with Gasteiger partial charge >= 0.3 is 0 Å². The summed E-state index contributed by atoms with van der Waals surface area (Å²) in [7, 11) is 1.71. The molecule has 33 heavy (non-hydrogen) atoms. The van der Waals surface area contributed by atoms with Gasteiger partial charge in [-0.25, -0.2) is 0 Å². The summed E-state index contributed by atoms with van der Waals surface area (Å²) >= 11 is 0. The fourth-order valence-corrected chi connectivity index (χ4v) is 3.96.